The smallest absolute Gasteiger partial charge is 0.314 e. The van der Waals surface area contributed by atoms with E-state index < -0.39 is 11.4 Å². The van der Waals surface area contributed by atoms with E-state index in [4.69, 9.17) is 0 Å². The van der Waals surface area contributed by atoms with E-state index in [1.165, 1.54) is 0 Å². The Morgan fingerprint density at radius 2 is 2.00 bits per heavy atom. The number of carboxylic acid groups (broad SMARTS) is 1. The van der Waals surface area contributed by atoms with E-state index in [2.05, 4.69) is 6.92 Å². The van der Waals surface area contributed by atoms with Crippen molar-refractivity contribution in [1.82, 2.24) is 0 Å². The maximum atomic E-state index is 15.4. The molecule has 0 amide bonds. The minimum absolute atomic E-state index is 0.217. The second kappa shape index (κ2) is 6.26. The molecule has 1 aromatic carbocycles. The van der Waals surface area contributed by atoms with Crippen LogP contribution in [0.4, 0.5) is 4.39 Å². The molecule has 0 heterocycles. The van der Waals surface area contributed by atoms with Crippen molar-refractivity contribution >= 4 is 5.97 Å². The average molecular weight is 318 g/mol. The van der Waals surface area contributed by atoms with Gasteiger partial charge < -0.3 is 5.11 Å². The van der Waals surface area contributed by atoms with Crippen LogP contribution in [-0.4, -0.2) is 11.1 Å². The zero-order valence-corrected chi connectivity index (χ0v) is 14.2. The summed E-state index contributed by atoms with van der Waals surface area (Å²) >= 11 is 0. The van der Waals surface area contributed by atoms with Gasteiger partial charge >= 0.3 is 5.97 Å². The van der Waals surface area contributed by atoms with Gasteiger partial charge in [0.05, 0.1) is 5.41 Å². The number of aryl methyl sites for hydroxylation is 1. The minimum Gasteiger partial charge on any atom is -0.481 e. The van der Waals surface area contributed by atoms with Gasteiger partial charge in [-0.3, -0.25) is 4.79 Å². The third-order valence-electron chi connectivity index (χ3n) is 6.25. The van der Waals surface area contributed by atoms with Gasteiger partial charge in [0.2, 0.25) is 0 Å². The topological polar surface area (TPSA) is 37.3 Å². The Morgan fingerprint density at radius 1 is 1.30 bits per heavy atom. The van der Waals surface area contributed by atoms with Gasteiger partial charge in [-0.1, -0.05) is 38.8 Å². The fraction of sp³-hybridized carbons (Fsp3) is 0.650. The van der Waals surface area contributed by atoms with Gasteiger partial charge in [-0.25, -0.2) is 4.39 Å². The first kappa shape index (κ1) is 16.5. The first-order valence-corrected chi connectivity index (χ1v) is 9.04. The molecule has 1 N–H and O–H groups in total. The molecule has 1 saturated carbocycles. The van der Waals surface area contributed by atoms with Gasteiger partial charge in [0, 0.05) is 5.56 Å². The van der Waals surface area contributed by atoms with E-state index in [1.54, 1.807) is 0 Å². The van der Waals surface area contributed by atoms with Crippen LogP contribution in [0.5, 0.6) is 0 Å². The van der Waals surface area contributed by atoms with Crippen molar-refractivity contribution in [2.75, 3.05) is 0 Å². The molecule has 2 aliphatic rings. The molecule has 23 heavy (non-hydrogen) atoms. The maximum Gasteiger partial charge on any atom is 0.314 e. The molecule has 0 spiro atoms. The maximum absolute atomic E-state index is 15.4. The van der Waals surface area contributed by atoms with E-state index in [0.29, 0.717) is 18.4 Å². The Bertz CT molecular complexity index is 602. The van der Waals surface area contributed by atoms with E-state index in [1.807, 2.05) is 19.1 Å². The molecule has 3 rings (SSSR count). The van der Waals surface area contributed by atoms with Crippen LogP contribution in [0.3, 0.4) is 0 Å². The molecule has 1 fully saturated rings. The second-order valence-corrected chi connectivity index (χ2v) is 7.55. The van der Waals surface area contributed by atoms with Gasteiger partial charge in [-0.15, -0.1) is 0 Å². The summed E-state index contributed by atoms with van der Waals surface area (Å²) in [5.74, 6) is -0.109. The lowest BCUT2D eigenvalue weighted by atomic mass is 9.66. The molecule has 1 unspecified atom stereocenters. The van der Waals surface area contributed by atoms with Crippen molar-refractivity contribution < 1.29 is 14.3 Å². The van der Waals surface area contributed by atoms with Crippen LogP contribution in [-0.2, 0) is 16.6 Å². The number of carbonyl (C=O) groups is 1. The summed E-state index contributed by atoms with van der Waals surface area (Å²) in [5, 5.41) is 9.83. The molecule has 0 saturated heterocycles. The Kier molecular flexibility index (Phi) is 4.48. The highest BCUT2D eigenvalue weighted by Crippen LogP contribution is 2.45. The number of halogens is 1. The lowest BCUT2D eigenvalue weighted by Crippen LogP contribution is -2.40. The zero-order chi connectivity index (χ0) is 16.6. The van der Waals surface area contributed by atoms with Gasteiger partial charge in [-0.2, -0.15) is 0 Å². The number of hydrogen-bond donors (Lipinski definition) is 1. The number of aliphatic carboxylic acids is 1. The summed E-state index contributed by atoms with van der Waals surface area (Å²) in [6.45, 7) is 4.13. The van der Waals surface area contributed by atoms with Crippen LogP contribution in [0.15, 0.2) is 12.1 Å². The summed E-state index contributed by atoms with van der Waals surface area (Å²) in [7, 11) is 0. The number of carboxylic acids is 1. The van der Waals surface area contributed by atoms with Crippen molar-refractivity contribution in [2.45, 2.75) is 76.5 Å². The van der Waals surface area contributed by atoms with Crippen LogP contribution < -0.4 is 0 Å². The quantitative estimate of drug-likeness (QED) is 0.833. The summed E-state index contributed by atoms with van der Waals surface area (Å²) < 4.78 is 15.4. The summed E-state index contributed by atoms with van der Waals surface area (Å²) in [6, 6.07) is 3.93. The molecule has 1 atom stereocenters. The normalized spacial score (nSPS) is 30.7. The first-order chi connectivity index (χ1) is 11.0. The SMILES string of the molecule is CCC1(C(=O)O)CCCc2ccc(C3CCC(C)CC3)c(F)c21. The van der Waals surface area contributed by atoms with Crippen LogP contribution in [0.25, 0.3) is 0 Å². The highest BCUT2D eigenvalue weighted by molar-refractivity contribution is 5.82. The van der Waals surface area contributed by atoms with Crippen LogP contribution in [0.2, 0.25) is 0 Å². The fourth-order valence-corrected chi connectivity index (χ4v) is 4.67. The van der Waals surface area contributed by atoms with Gasteiger partial charge in [-0.05, 0) is 61.5 Å². The van der Waals surface area contributed by atoms with E-state index in [-0.39, 0.29) is 11.7 Å². The minimum atomic E-state index is -1.03. The molecule has 2 aliphatic carbocycles. The van der Waals surface area contributed by atoms with Crippen molar-refractivity contribution in [3.63, 3.8) is 0 Å². The van der Waals surface area contributed by atoms with Crippen molar-refractivity contribution in [3.8, 4) is 0 Å². The summed E-state index contributed by atoms with van der Waals surface area (Å²) in [5.41, 5.74) is 1.13. The van der Waals surface area contributed by atoms with Crippen molar-refractivity contribution in [2.24, 2.45) is 5.92 Å². The van der Waals surface area contributed by atoms with Gasteiger partial charge in [0.25, 0.3) is 0 Å². The first-order valence-electron chi connectivity index (χ1n) is 9.04. The third kappa shape index (κ3) is 2.68. The molecule has 126 valence electrons. The molecular weight excluding hydrogens is 291 g/mol. The number of fused-ring (bicyclic) bond motifs is 1. The molecule has 0 aromatic heterocycles. The lowest BCUT2D eigenvalue weighted by molar-refractivity contribution is -0.144. The average Bonchev–Trinajstić information content (AvgIpc) is 2.55. The third-order valence-corrected chi connectivity index (χ3v) is 6.25. The van der Waals surface area contributed by atoms with Gasteiger partial charge in [0.15, 0.2) is 0 Å². The predicted molar refractivity (Wildman–Crippen MR) is 89.3 cm³/mol. The van der Waals surface area contributed by atoms with Crippen LogP contribution >= 0.6 is 0 Å². The molecule has 0 radical (unpaired) electrons. The van der Waals surface area contributed by atoms with E-state index in [9.17, 15) is 9.90 Å². The number of rotatable bonds is 3. The Balaban J connectivity index is 2.06. The Labute approximate surface area is 138 Å². The molecular formula is C20H27FO2. The highest BCUT2D eigenvalue weighted by Gasteiger charge is 2.45. The fourth-order valence-electron chi connectivity index (χ4n) is 4.67. The molecule has 1 aromatic rings. The van der Waals surface area contributed by atoms with E-state index in [0.717, 1.165) is 55.6 Å². The highest BCUT2D eigenvalue weighted by atomic mass is 19.1. The van der Waals surface area contributed by atoms with Crippen LogP contribution in [0.1, 0.15) is 81.4 Å². The molecule has 3 heteroatoms. The molecule has 0 aliphatic heterocycles. The predicted octanol–water partition coefficient (Wildman–Crippen LogP) is 5.19. The lowest BCUT2D eigenvalue weighted by Gasteiger charge is -2.36. The monoisotopic (exact) mass is 318 g/mol. The molecule has 0 bridgehead atoms. The Hall–Kier alpha value is -1.38. The van der Waals surface area contributed by atoms with Crippen molar-refractivity contribution in [3.05, 3.63) is 34.6 Å². The zero-order valence-electron chi connectivity index (χ0n) is 14.2. The van der Waals surface area contributed by atoms with Crippen molar-refractivity contribution in [1.29, 1.82) is 0 Å². The number of hydrogen-bond acceptors (Lipinski definition) is 1. The summed E-state index contributed by atoms with van der Waals surface area (Å²) in [6.07, 6.45) is 6.94. The Morgan fingerprint density at radius 3 is 2.61 bits per heavy atom. The number of benzene rings is 1. The second-order valence-electron chi connectivity index (χ2n) is 7.55. The van der Waals surface area contributed by atoms with Gasteiger partial charge in [0.1, 0.15) is 5.82 Å². The largest absolute Gasteiger partial charge is 0.481 e. The standard InChI is InChI=1S/C20H27FO2/c1-3-20(19(22)23)12-4-5-15-10-11-16(18(21)17(15)20)14-8-6-13(2)7-9-14/h10-11,13-14H,3-9,12H2,1-2H3,(H,22,23). The summed E-state index contributed by atoms with van der Waals surface area (Å²) in [4.78, 5) is 12.0. The van der Waals surface area contributed by atoms with E-state index >= 15 is 4.39 Å². The van der Waals surface area contributed by atoms with Crippen LogP contribution in [0, 0.1) is 11.7 Å². The molecule has 2 nitrogen and oxygen atoms in total.